The molecule has 0 aliphatic carbocycles. The van der Waals surface area contributed by atoms with Gasteiger partial charge in [-0.15, -0.1) is 5.14 Å². The number of carbonyl (C=O) groups excluding carboxylic acids is 1. The van der Waals surface area contributed by atoms with E-state index in [2.05, 4.69) is 0 Å². The molecule has 0 fully saturated rings. The van der Waals surface area contributed by atoms with Crippen LogP contribution in [0.2, 0.25) is 0 Å². The van der Waals surface area contributed by atoms with Gasteiger partial charge in [0.25, 0.3) is 0 Å². The van der Waals surface area contributed by atoms with Crippen LogP contribution in [-0.2, 0) is 11.2 Å². The van der Waals surface area contributed by atoms with E-state index in [1.807, 2.05) is 0 Å². The normalized spacial score (nSPS) is 11.5. The molecule has 54 valence electrons. The van der Waals surface area contributed by atoms with Crippen molar-refractivity contribution in [1.82, 2.24) is 0 Å². The quantitative estimate of drug-likeness (QED) is 0.585. The molecule has 0 radical (unpaired) electrons. The number of carboxylic acid groups (broad SMARTS) is 1. The van der Waals surface area contributed by atoms with Crippen molar-refractivity contribution in [3.8, 4) is 0 Å². The van der Waals surface area contributed by atoms with Gasteiger partial charge < -0.3 is 9.90 Å². The summed E-state index contributed by atoms with van der Waals surface area (Å²) >= 11 is 0. The van der Waals surface area contributed by atoms with E-state index in [-0.39, 0.29) is 6.42 Å². The molecule has 0 spiro atoms. The highest BCUT2D eigenvalue weighted by atomic mass is 32.2. The summed E-state index contributed by atoms with van der Waals surface area (Å²) in [5.74, 6) is -1.07. The lowest BCUT2D eigenvalue weighted by Crippen LogP contribution is -2.24. The fourth-order valence-electron chi connectivity index (χ4n) is 0.682. The van der Waals surface area contributed by atoms with Crippen molar-refractivity contribution in [1.29, 1.82) is 0 Å². The van der Waals surface area contributed by atoms with Crippen LogP contribution in [0.15, 0.2) is 17.5 Å². The summed E-state index contributed by atoms with van der Waals surface area (Å²) < 4.78 is 0. The first-order chi connectivity index (χ1) is 4.70. The highest BCUT2D eigenvalue weighted by molar-refractivity contribution is 7.29. The van der Waals surface area contributed by atoms with Crippen LogP contribution in [0.4, 0.5) is 0 Å². The summed E-state index contributed by atoms with van der Waals surface area (Å²) in [6.45, 7) is 0. The first-order valence-corrected chi connectivity index (χ1v) is 4.10. The molecule has 1 aromatic heterocycles. The van der Waals surface area contributed by atoms with Gasteiger partial charge in [-0.2, -0.15) is 0 Å². The summed E-state index contributed by atoms with van der Waals surface area (Å²) in [7, 11) is -0.471. The van der Waals surface area contributed by atoms with Gasteiger partial charge in [-0.05, 0) is 6.07 Å². The minimum absolute atomic E-state index is 0.0490. The molecule has 1 aromatic rings. The van der Waals surface area contributed by atoms with E-state index in [0.717, 1.165) is 4.88 Å². The third-order valence-electron chi connectivity index (χ3n) is 1.13. The second-order valence-electron chi connectivity index (χ2n) is 1.88. The number of thiophene rings is 1. The Kier molecular flexibility index (Phi) is 2.03. The van der Waals surface area contributed by atoms with Gasteiger partial charge in [0, 0.05) is 6.07 Å². The van der Waals surface area contributed by atoms with E-state index in [1.165, 1.54) is 0 Å². The van der Waals surface area contributed by atoms with Crippen LogP contribution < -0.4 is 10.2 Å². The minimum Gasteiger partial charge on any atom is -0.550 e. The van der Waals surface area contributed by atoms with Gasteiger partial charge in [0.15, 0.2) is 10.3 Å². The number of carboxylic acids is 1. The summed E-state index contributed by atoms with van der Waals surface area (Å²) in [6.07, 6.45) is -0.0490. The van der Waals surface area contributed by atoms with Crippen molar-refractivity contribution in [3.63, 3.8) is 0 Å². The third kappa shape index (κ3) is 1.55. The molecule has 0 saturated heterocycles. The Morgan fingerprint density at radius 1 is 1.80 bits per heavy atom. The second-order valence-corrected chi connectivity index (χ2v) is 3.42. The Labute approximate surface area is 61.2 Å². The average Bonchev–Trinajstić information content (AvgIpc) is 2.15. The summed E-state index contributed by atoms with van der Waals surface area (Å²) in [6, 6.07) is 3.49. The smallest absolute Gasteiger partial charge is 0.177 e. The Morgan fingerprint density at radius 2 is 2.50 bits per heavy atom. The molecule has 3 nitrogen and oxygen atoms in total. The van der Waals surface area contributed by atoms with E-state index in [9.17, 15) is 9.90 Å². The maximum Gasteiger partial charge on any atom is 0.177 e. The average molecular weight is 157 g/mol. The van der Waals surface area contributed by atoms with E-state index < -0.39 is 16.6 Å². The van der Waals surface area contributed by atoms with Crippen LogP contribution in [0, 0.1) is 0 Å². The molecule has 0 amide bonds. The van der Waals surface area contributed by atoms with Crippen molar-refractivity contribution in [2.75, 3.05) is 5.14 Å². The molecule has 4 heteroatoms. The Bertz CT molecular complexity index is 244. The number of nitrogens with two attached hydrogens (primary N) is 1. The van der Waals surface area contributed by atoms with Gasteiger partial charge >= 0.3 is 0 Å². The van der Waals surface area contributed by atoms with Crippen molar-refractivity contribution in [2.45, 2.75) is 6.42 Å². The minimum atomic E-state index is -1.07. The summed E-state index contributed by atoms with van der Waals surface area (Å²) in [4.78, 5) is 10.8. The Morgan fingerprint density at radius 3 is 2.90 bits per heavy atom. The van der Waals surface area contributed by atoms with E-state index >= 15 is 0 Å². The second kappa shape index (κ2) is 2.81. The highest BCUT2D eigenvalue weighted by Crippen LogP contribution is 2.16. The molecule has 0 bridgehead atoms. The molecule has 1 rings (SSSR count). The van der Waals surface area contributed by atoms with Crippen LogP contribution in [0.5, 0.6) is 0 Å². The van der Waals surface area contributed by atoms with E-state index in [0.29, 0.717) is 0 Å². The van der Waals surface area contributed by atoms with Crippen molar-refractivity contribution in [3.05, 3.63) is 22.4 Å². The number of aliphatic carboxylic acids is 1. The van der Waals surface area contributed by atoms with Crippen LogP contribution >= 0.6 is 10.7 Å². The Balaban J connectivity index is 2.74. The van der Waals surface area contributed by atoms with Gasteiger partial charge in [0.1, 0.15) is 0 Å². The van der Waals surface area contributed by atoms with Crippen LogP contribution in [0.3, 0.4) is 0 Å². The van der Waals surface area contributed by atoms with Crippen LogP contribution in [-0.4, -0.2) is 5.97 Å². The molecule has 0 saturated carbocycles. The maximum absolute atomic E-state index is 10.1. The monoisotopic (exact) mass is 157 g/mol. The summed E-state index contributed by atoms with van der Waals surface area (Å²) in [5.41, 5.74) is 0. The molecule has 0 aliphatic heterocycles. The zero-order chi connectivity index (χ0) is 7.56. The van der Waals surface area contributed by atoms with Gasteiger partial charge in [-0.1, -0.05) is 0 Å². The number of carbonyl (C=O) groups is 1. The molecule has 0 aromatic carbocycles. The standard InChI is InChI=1S/C6H7NO2S/c7-10-3-1-2-5(10)4-6(8)9/h1-3H,4,7H2. The molecule has 1 unspecified atom stereocenters. The first-order valence-electron chi connectivity index (χ1n) is 2.75. The Hall–Kier alpha value is -0.870. The SMILES string of the molecule is N[s+]1cccc1CC(=O)[O-]. The molecule has 1 atom stereocenters. The lowest BCUT2D eigenvalue weighted by Gasteiger charge is -1.93. The molecule has 10 heavy (non-hydrogen) atoms. The van der Waals surface area contributed by atoms with Crippen molar-refractivity contribution < 1.29 is 9.90 Å². The van der Waals surface area contributed by atoms with Crippen LogP contribution in [0.25, 0.3) is 0 Å². The molecular formula is C6H7NO2S. The topological polar surface area (TPSA) is 66.2 Å². The lowest BCUT2D eigenvalue weighted by atomic mass is 10.3. The van der Waals surface area contributed by atoms with Crippen molar-refractivity contribution >= 4 is 16.6 Å². The fraction of sp³-hybridized carbons (Fsp3) is 0.167. The lowest BCUT2D eigenvalue weighted by molar-refractivity contribution is -0.304. The van der Waals surface area contributed by atoms with Crippen LogP contribution in [0.1, 0.15) is 4.88 Å². The first kappa shape index (κ1) is 7.24. The molecule has 2 N–H and O–H groups in total. The largest absolute Gasteiger partial charge is 0.550 e. The number of nitrogen functional groups attached to an aromatic ring is 1. The van der Waals surface area contributed by atoms with E-state index in [4.69, 9.17) is 5.14 Å². The van der Waals surface area contributed by atoms with Gasteiger partial charge in [-0.3, -0.25) is 0 Å². The third-order valence-corrected chi connectivity index (χ3v) is 2.46. The molecular weight excluding hydrogens is 150 g/mol. The molecule has 1 heterocycles. The predicted molar refractivity (Wildman–Crippen MR) is 37.8 cm³/mol. The van der Waals surface area contributed by atoms with Gasteiger partial charge in [-0.25, -0.2) is 0 Å². The zero-order valence-electron chi connectivity index (χ0n) is 5.24. The summed E-state index contributed by atoms with van der Waals surface area (Å²) in [5, 5.41) is 17.4. The number of rotatable bonds is 2. The number of hydrogen-bond donors (Lipinski definition) is 1. The molecule has 0 aliphatic rings. The predicted octanol–water partition coefficient (Wildman–Crippen LogP) is -0.558. The maximum atomic E-state index is 10.1. The zero-order valence-corrected chi connectivity index (χ0v) is 6.06. The fourth-order valence-corrected chi connectivity index (χ4v) is 1.62. The van der Waals surface area contributed by atoms with E-state index in [1.54, 1.807) is 17.5 Å². The highest BCUT2D eigenvalue weighted by Gasteiger charge is 2.07. The van der Waals surface area contributed by atoms with Gasteiger partial charge in [0.2, 0.25) is 0 Å². The van der Waals surface area contributed by atoms with Gasteiger partial charge in [0.05, 0.1) is 23.0 Å². The number of hydrogen-bond acceptors (Lipinski definition) is 3. The van der Waals surface area contributed by atoms with Crippen molar-refractivity contribution in [2.24, 2.45) is 0 Å².